The number of rotatable bonds is 3. The molecule has 0 N–H and O–H groups in total. The molecular formula is C18H20Si. The molecule has 1 heteroatoms. The van der Waals surface area contributed by atoms with Crippen LogP contribution < -0.4 is 0 Å². The average Bonchev–Trinajstić information content (AvgIpc) is 2.77. The molecule has 0 aromatic heterocycles. The Morgan fingerprint density at radius 3 is 2.53 bits per heavy atom. The molecule has 1 unspecified atom stereocenters. The van der Waals surface area contributed by atoms with Gasteiger partial charge in [-0.25, -0.2) is 0 Å². The largest absolute Gasteiger partial charge is 0.0658 e. The molecule has 0 fully saturated rings. The van der Waals surface area contributed by atoms with Gasteiger partial charge in [0, 0.05) is 10.2 Å². The van der Waals surface area contributed by atoms with Crippen LogP contribution in [0.4, 0.5) is 0 Å². The van der Waals surface area contributed by atoms with E-state index in [0.29, 0.717) is 0 Å². The molecule has 0 aliphatic heterocycles. The van der Waals surface area contributed by atoms with Crippen LogP contribution in [-0.2, 0) is 0 Å². The van der Waals surface area contributed by atoms with E-state index in [2.05, 4.69) is 61.5 Å². The van der Waals surface area contributed by atoms with Crippen molar-refractivity contribution in [2.24, 2.45) is 0 Å². The molecule has 0 radical (unpaired) electrons. The van der Waals surface area contributed by atoms with Gasteiger partial charge < -0.3 is 0 Å². The Labute approximate surface area is 118 Å². The van der Waals surface area contributed by atoms with E-state index in [1.165, 1.54) is 39.8 Å². The molecule has 1 aliphatic rings. The van der Waals surface area contributed by atoms with Crippen LogP contribution in [-0.4, -0.2) is 10.2 Å². The van der Waals surface area contributed by atoms with E-state index in [1.54, 1.807) is 11.1 Å². The van der Waals surface area contributed by atoms with E-state index in [0.717, 1.165) is 5.54 Å². The summed E-state index contributed by atoms with van der Waals surface area (Å²) in [5, 5.41) is 0. The van der Waals surface area contributed by atoms with Crippen LogP contribution >= 0.6 is 0 Å². The second-order valence-electron chi connectivity index (χ2n) is 5.37. The molecular weight excluding hydrogens is 244 g/mol. The van der Waals surface area contributed by atoms with Crippen molar-refractivity contribution in [3.05, 3.63) is 65.2 Å². The van der Waals surface area contributed by atoms with Crippen LogP contribution in [0.15, 0.2) is 54.1 Å². The van der Waals surface area contributed by atoms with Gasteiger partial charge in [-0.3, -0.25) is 0 Å². The number of allylic oxidation sites excluding steroid dienone is 1. The zero-order chi connectivity index (χ0) is 13.2. The molecule has 96 valence electrons. The summed E-state index contributed by atoms with van der Waals surface area (Å²) < 4.78 is 0. The summed E-state index contributed by atoms with van der Waals surface area (Å²) in [4.78, 5) is 0. The first-order valence-corrected chi connectivity index (χ1v) is 8.35. The third-order valence-corrected chi connectivity index (χ3v) is 5.48. The molecule has 2 aromatic carbocycles. The highest BCUT2D eigenvalue weighted by Crippen LogP contribution is 2.40. The van der Waals surface area contributed by atoms with Gasteiger partial charge in [0.25, 0.3) is 0 Å². The summed E-state index contributed by atoms with van der Waals surface area (Å²) in [5.74, 6) is 0. The van der Waals surface area contributed by atoms with Crippen molar-refractivity contribution in [2.45, 2.75) is 25.3 Å². The minimum absolute atomic E-state index is 0.721. The van der Waals surface area contributed by atoms with E-state index >= 15 is 0 Å². The Balaban J connectivity index is 2.11. The molecule has 0 bridgehead atoms. The summed E-state index contributed by atoms with van der Waals surface area (Å²) in [5.41, 5.74) is 8.12. The monoisotopic (exact) mass is 264 g/mol. The molecule has 2 aromatic rings. The molecule has 0 nitrogen and oxygen atoms in total. The predicted octanol–water partition coefficient (Wildman–Crippen LogP) is 3.96. The maximum atomic E-state index is 2.46. The second-order valence-corrected chi connectivity index (χ2v) is 6.52. The van der Waals surface area contributed by atoms with Crippen LogP contribution in [0.1, 0.15) is 36.4 Å². The molecule has 0 heterocycles. The van der Waals surface area contributed by atoms with E-state index in [1.807, 2.05) is 0 Å². The van der Waals surface area contributed by atoms with Crippen molar-refractivity contribution in [1.29, 1.82) is 0 Å². The van der Waals surface area contributed by atoms with E-state index in [4.69, 9.17) is 0 Å². The minimum atomic E-state index is 0.721. The molecule has 1 aliphatic carbocycles. The number of hydrogen-bond donors (Lipinski definition) is 0. The lowest BCUT2D eigenvalue weighted by Gasteiger charge is -2.12. The molecule has 1 atom stereocenters. The molecule has 0 amide bonds. The van der Waals surface area contributed by atoms with E-state index in [9.17, 15) is 0 Å². The van der Waals surface area contributed by atoms with Gasteiger partial charge >= 0.3 is 0 Å². The minimum Gasteiger partial charge on any atom is -0.0658 e. The van der Waals surface area contributed by atoms with Crippen LogP contribution in [0.2, 0.25) is 0 Å². The van der Waals surface area contributed by atoms with Gasteiger partial charge in [0.1, 0.15) is 0 Å². The van der Waals surface area contributed by atoms with Gasteiger partial charge in [0.05, 0.1) is 0 Å². The fourth-order valence-corrected chi connectivity index (χ4v) is 4.04. The van der Waals surface area contributed by atoms with Crippen molar-refractivity contribution >= 4 is 16.3 Å². The van der Waals surface area contributed by atoms with Crippen molar-refractivity contribution < 1.29 is 0 Å². The Kier molecular flexibility index (Phi) is 3.39. The lowest BCUT2D eigenvalue weighted by atomic mass is 9.97. The highest BCUT2D eigenvalue weighted by Gasteiger charge is 2.22. The fraction of sp³-hybridized carbons (Fsp3) is 0.222. The van der Waals surface area contributed by atoms with Gasteiger partial charge in [-0.05, 0) is 34.2 Å². The second kappa shape index (κ2) is 5.18. The third kappa shape index (κ3) is 2.19. The highest BCUT2D eigenvalue weighted by molar-refractivity contribution is 6.16. The van der Waals surface area contributed by atoms with Gasteiger partial charge in [-0.2, -0.15) is 0 Å². The summed E-state index contributed by atoms with van der Waals surface area (Å²) in [6.07, 6.45) is 4.95. The summed E-state index contributed by atoms with van der Waals surface area (Å²) in [7, 11) is 1.22. The van der Waals surface area contributed by atoms with Crippen molar-refractivity contribution in [3.63, 3.8) is 0 Å². The zero-order valence-electron chi connectivity index (χ0n) is 11.7. The average molecular weight is 264 g/mol. The first kappa shape index (κ1) is 12.4. The van der Waals surface area contributed by atoms with E-state index in [-0.39, 0.29) is 0 Å². The topological polar surface area (TPSA) is 0 Å². The maximum absolute atomic E-state index is 2.46. The van der Waals surface area contributed by atoms with Gasteiger partial charge in [-0.1, -0.05) is 73.5 Å². The predicted molar refractivity (Wildman–Crippen MR) is 87.4 cm³/mol. The smallest absolute Gasteiger partial charge is 0.0175 e. The lowest BCUT2D eigenvalue weighted by molar-refractivity contribution is 0.875. The SMILES string of the molecule is CCCC1=Cc2c(-c3ccccc3)cccc2C1[SiH3]. The van der Waals surface area contributed by atoms with E-state index < -0.39 is 0 Å². The lowest BCUT2D eigenvalue weighted by Crippen LogP contribution is -1.98. The van der Waals surface area contributed by atoms with Gasteiger partial charge in [0.15, 0.2) is 0 Å². The number of benzene rings is 2. The summed E-state index contributed by atoms with van der Waals surface area (Å²) in [6, 6.07) is 17.5. The number of hydrogen-bond acceptors (Lipinski definition) is 0. The van der Waals surface area contributed by atoms with Crippen molar-refractivity contribution in [3.8, 4) is 11.1 Å². The Bertz CT molecular complexity index is 611. The van der Waals surface area contributed by atoms with Crippen LogP contribution in [0.3, 0.4) is 0 Å². The first-order chi connectivity index (χ1) is 9.31. The molecule has 19 heavy (non-hydrogen) atoms. The van der Waals surface area contributed by atoms with Crippen molar-refractivity contribution in [2.75, 3.05) is 0 Å². The molecule has 3 rings (SSSR count). The quantitative estimate of drug-likeness (QED) is 0.736. The molecule has 0 saturated heterocycles. The maximum Gasteiger partial charge on any atom is 0.0175 e. The zero-order valence-corrected chi connectivity index (χ0v) is 13.7. The van der Waals surface area contributed by atoms with Crippen LogP contribution in [0.5, 0.6) is 0 Å². The Morgan fingerprint density at radius 1 is 1.00 bits per heavy atom. The highest BCUT2D eigenvalue weighted by atomic mass is 28.1. The van der Waals surface area contributed by atoms with Gasteiger partial charge in [0.2, 0.25) is 0 Å². The fourth-order valence-electron chi connectivity index (χ4n) is 3.08. The molecule has 0 spiro atoms. The number of fused-ring (bicyclic) bond motifs is 1. The first-order valence-electron chi connectivity index (χ1n) is 7.20. The summed E-state index contributed by atoms with van der Waals surface area (Å²) in [6.45, 7) is 2.27. The standard InChI is InChI=1S/C18H20Si/c1-2-7-14-12-17-15(13-8-4-3-5-9-13)10-6-11-16(17)18(14)19/h3-6,8-12,18H,2,7H2,1,19H3. The summed E-state index contributed by atoms with van der Waals surface area (Å²) >= 11 is 0. The Hall–Kier alpha value is -1.60. The third-order valence-electron chi connectivity index (χ3n) is 4.12. The van der Waals surface area contributed by atoms with Crippen LogP contribution in [0, 0.1) is 0 Å². The molecule has 0 saturated carbocycles. The normalized spacial score (nSPS) is 17.3. The Morgan fingerprint density at radius 2 is 1.79 bits per heavy atom. The van der Waals surface area contributed by atoms with Gasteiger partial charge in [-0.15, -0.1) is 0 Å². The van der Waals surface area contributed by atoms with Crippen LogP contribution in [0.25, 0.3) is 17.2 Å². The van der Waals surface area contributed by atoms with Crippen molar-refractivity contribution in [1.82, 2.24) is 0 Å².